The van der Waals surface area contributed by atoms with Crippen molar-refractivity contribution >= 4 is 18.0 Å². The van der Waals surface area contributed by atoms with E-state index in [9.17, 15) is 9.90 Å². The van der Waals surface area contributed by atoms with E-state index in [2.05, 4.69) is 9.97 Å². The molecule has 0 aliphatic heterocycles. The predicted molar refractivity (Wildman–Crippen MR) is 61.0 cm³/mol. The number of carbonyl (C=O) groups is 1. The molecule has 0 amide bonds. The topological polar surface area (TPSA) is 66.0 Å². The van der Waals surface area contributed by atoms with Gasteiger partial charge in [-0.1, -0.05) is 12.1 Å². The van der Waals surface area contributed by atoms with Crippen molar-refractivity contribution in [1.82, 2.24) is 9.97 Å². The summed E-state index contributed by atoms with van der Waals surface area (Å²) in [7, 11) is 0. The molecule has 1 aromatic carbocycles. The largest absolute Gasteiger partial charge is 0.507 e. The zero-order valence-corrected chi connectivity index (χ0v) is 8.99. The van der Waals surface area contributed by atoms with Crippen LogP contribution >= 0.6 is 12.2 Å². The third-order valence-corrected chi connectivity index (χ3v) is 2.31. The summed E-state index contributed by atoms with van der Waals surface area (Å²) >= 11 is 4.77. The molecule has 0 spiro atoms. The van der Waals surface area contributed by atoms with Crippen molar-refractivity contribution in [1.29, 1.82) is 0 Å². The van der Waals surface area contributed by atoms with Gasteiger partial charge in [-0.15, -0.1) is 0 Å². The molecule has 2 N–H and O–H groups in total. The van der Waals surface area contributed by atoms with Crippen LogP contribution in [-0.4, -0.2) is 20.9 Å². The molecule has 2 aromatic rings. The van der Waals surface area contributed by atoms with Crippen molar-refractivity contribution in [2.75, 3.05) is 0 Å². The molecule has 0 aliphatic carbocycles. The molecule has 0 bridgehead atoms. The monoisotopic (exact) mass is 232 g/mol. The van der Waals surface area contributed by atoms with Crippen LogP contribution in [0.2, 0.25) is 0 Å². The Morgan fingerprint density at radius 3 is 2.75 bits per heavy atom. The second kappa shape index (κ2) is 4.24. The molecule has 16 heavy (non-hydrogen) atoms. The number of phenols is 1. The molecule has 80 valence electrons. The zero-order chi connectivity index (χ0) is 11.5. The molecule has 0 fully saturated rings. The van der Waals surface area contributed by atoms with Crippen molar-refractivity contribution in [2.45, 2.75) is 0 Å². The number of rotatable bonds is 2. The number of nitrogens with one attached hydrogen (secondary N) is 1. The first kappa shape index (κ1) is 10.5. The van der Waals surface area contributed by atoms with Crippen LogP contribution in [0.4, 0.5) is 0 Å². The third kappa shape index (κ3) is 1.99. The van der Waals surface area contributed by atoms with Crippen molar-refractivity contribution in [2.24, 2.45) is 0 Å². The third-order valence-electron chi connectivity index (χ3n) is 2.08. The number of aromatic nitrogens is 2. The van der Waals surface area contributed by atoms with Crippen LogP contribution in [0.3, 0.4) is 0 Å². The molecular formula is C11H8N2O2S. The summed E-state index contributed by atoms with van der Waals surface area (Å²) in [5.74, 6) is -0.341. The number of benzene rings is 1. The molecular weight excluding hydrogens is 224 g/mol. The average molecular weight is 232 g/mol. The smallest absolute Gasteiger partial charge is 0.199 e. The summed E-state index contributed by atoms with van der Waals surface area (Å²) in [5, 5.41) is 9.52. The molecule has 2 rings (SSSR count). The quantitative estimate of drug-likeness (QED) is 0.614. The zero-order valence-electron chi connectivity index (χ0n) is 8.18. The molecule has 0 aliphatic rings. The van der Waals surface area contributed by atoms with E-state index in [-0.39, 0.29) is 17.1 Å². The fraction of sp³-hybridized carbons (Fsp3) is 0. The lowest BCUT2D eigenvalue weighted by molar-refractivity contribution is 0.103. The summed E-state index contributed by atoms with van der Waals surface area (Å²) in [6.07, 6.45) is 2.86. The van der Waals surface area contributed by atoms with Crippen LogP contribution in [-0.2, 0) is 0 Å². The first-order chi connectivity index (χ1) is 7.68. The van der Waals surface area contributed by atoms with Crippen molar-refractivity contribution < 1.29 is 9.90 Å². The SMILES string of the molecule is O=C(c1cnc(=S)[nH]c1)c1ccccc1O. The van der Waals surface area contributed by atoms with E-state index in [0.29, 0.717) is 10.3 Å². The number of ketones is 1. The Kier molecular flexibility index (Phi) is 2.78. The van der Waals surface area contributed by atoms with Gasteiger partial charge in [-0.05, 0) is 24.4 Å². The molecule has 4 nitrogen and oxygen atoms in total. The van der Waals surface area contributed by atoms with E-state index < -0.39 is 0 Å². The minimum absolute atomic E-state index is 0.0463. The molecule has 0 unspecified atom stereocenters. The van der Waals surface area contributed by atoms with E-state index in [1.54, 1.807) is 18.2 Å². The van der Waals surface area contributed by atoms with Gasteiger partial charge in [0, 0.05) is 12.4 Å². The van der Waals surface area contributed by atoms with E-state index in [1.807, 2.05) is 0 Å². The fourth-order valence-corrected chi connectivity index (χ4v) is 1.40. The van der Waals surface area contributed by atoms with E-state index in [4.69, 9.17) is 12.2 Å². The molecule has 1 heterocycles. The number of phenolic OH excluding ortho intramolecular Hbond substituents is 1. The highest BCUT2D eigenvalue weighted by molar-refractivity contribution is 7.71. The number of aromatic amines is 1. The lowest BCUT2D eigenvalue weighted by Crippen LogP contribution is -2.02. The lowest BCUT2D eigenvalue weighted by Gasteiger charge is -2.02. The van der Waals surface area contributed by atoms with Gasteiger partial charge in [-0.3, -0.25) is 4.79 Å². The normalized spacial score (nSPS) is 10.0. The van der Waals surface area contributed by atoms with Gasteiger partial charge < -0.3 is 10.1 Å². The lowest BCUT2D eigenvalue weighted by atomic mass is 10.1. The fourth-order valence-electron chi connectivity index (χ4n) is 1.29. The highest BCUT2D eigenvalue weighted by Crippen LogP contribution is 2.18. The number of hydrogen-bond acceptors (Lipinski definition) is 4. The number of hydrogen-bond donors (Lipinski definition) is 2. The van der Waals surface area contributed by atoms with Crippen LogP contribution in [0.25, 0.3) is 0 Å². The highest BCUT2D eigenvalue weighted by Gasteiger charge is 2.12. The molecule has 0 saturated carbocycles. The molecule has 5 heteroatoms. The first-order valence-corrected chi connectivity index (χ1v) is 4.97. The van der Waals surface area contributed by atoms with Crippen molar-refractivity contribution in [3.05, 3.63) is 52.6 Å². The van der Waals surface area contributed by atoms with Gasteiger partial charge in [0.2, 0.25) is 0 Å². The molecule has 1 aromatic heterocycles. The number of para-hydroxylation sites is 1. The molecule has 0 atom stereocenters. The van der Waals surface area contributed by atoms with Gasteiger partial charge in [0.1, 0.15) is 5.75 Å². The Labute approximate surface area is 96.6 Å². The summed E-state index contributed by atoms with van der Waals surface area (Å²) in [6, 6.07) is 6.36. The second-order valence-corrected chi connectivity index (χ2v) is 3.54. The van der Waals surface area contributed by atoms with Crippen molar-refractivity contribution in [3.63, 3.8) is 0 Å². The predicted octanol–water partition coefficient (Wildman–Crippen LogP) is 2.08. The molecule has 0 radical (unpaired) electrons. The summed E-state index contributed by atoms with van der Waals surface area (Å²) in [6.45, 7) is 0. The highest BCUT2D eigenvalue weighted by atomic mass is 32.1. The van der Waals surface area contributed by atoms with Gasteiger partial charge >= 0.3 is 0 Å². The van der Waals surface area contributed by atoms with Gasteiger partial charge in [-0.2, -0.15) is 0 Å². The maximum Gasteiger partial charge on any atom is 0.199 e. The van der Waals surface area contributed by atoms with Gasteiger partial charge in [-0.25, -0.2) is 4.98 Å². The van der Waals surface area contributed by atoms with Gasteiger partial charge in [0.25, 0.3) is 0 Å². The Morgan fingerprint density at radius 2 is 2.12 bits per heavy atom. The van der Waals surface area contributed by atoms with Crippen LogP contribution in [0.1, 0.15) is 15.9 Å². The Hall–Kier alpha value is -2.01. The number of aromatic hydroxyl groups is 1. The Morgan fingerprint density at radius 1 is 1.38 bits per heavy atom. The standard InChI is InChI=1S/C11H8N2O2S/c14-9-4-2-1-3-8(9)10(15)7-5-12-11(16)13-6-7/h1-6,14H,(H,12,13,16). The van der Waals surface area contributed by atoms with Crippen LogP contribution in [0, 0.1) is 4.77 Å². The number of nitrogens with zero attached hydrogens (tertiary/aromatic N) is 1. The maximum atomic E-state index is 11.9. The van der Waals surface area contributed by atoms with E-state index in [1.165, 1.54) is 18.5 Å². The number of H-pyrrole nitrogens is 1. The van der Waals surface area contributed by atoms with E-state index >= 15 is 0 Å². The number of carbonyl (C=O) groups excluding carboxylic acids is 1. The van der Waals surface area contributed by atoms with Crippen LogP contribution in [0.5, 0.6) is 5.75 Å². The van der Waals surface area contributed by atoms with Gasteiger partial charge in [0.15, 0.2) is 10.6 Å². The molecule has 0 saturated heterocycles. The van der Waals surface area contributed by atoms with Crippen LogP contribution in [0.15, 0.2) is 36.7 Å². The summed E-state index contributed by atoms with van der Waals surface area (Å²) in [4.78, 5) is 18.4. The second-order valence-electron chi connectivity index (χ2n) is 3.15. The Balaban J connectivity index is 2.43. The van der Waals surface area contributed by atoms with Crippen LogP contribution < -0.4 is 0 Å². The van der Waals surface area contributed by atoms with Crippen molar-refractivity contribution in [3.8, 4) is 5.75 Å². The summed E-state index contributed by atoms with van der Waals surface area (Å²) < 4.78 is 0.314. The Bertz CT molecular complexity index is 572. The first-order valence-electron chi connectivity index (χ1n) is 4.56. The minimum Gasteiger partial charge on any atom is -0.507 e. The van der Waals surface area contributed by atoms with Gasteiger partial charge in [0.05, 0.1) is 11.1 Å². The van der Waals surface area contributed by atoms with E-state index in [0.717, 1.165) is 0 Å². The summed E-state index contributed by atoms with van der Waals surface area (Å²) in [5.41, 5.74) is 0.602. The maximum absolute atomic E-state index is 11.9. The average Bonchev–Trinajstić information content (AvgIpc) is 2.30. The minimum atomic E-state index is -0.295.